The van der Waals surface area contributed by atoms with E-state index in [1.807, 2.05) is 102 Å². The molecule has 0 radical (unpaired) electrons. The summed E-state index contributed by atoms with van der Waals surface area (Å²) in [4.78, 5) is 37.2. The molecule has 4 aliphatic carbocycles. The molecule has 9 aromatic carbocycles. The highest BCUT2D eigenvalue weighted by molar-refractivity contribution is 5.94. The summed E-state index contributed by atoms with van der Waals surface area (Å²) < 4.78 is 52.1. The van der Waals surface area contributed by atoms with Crippen LogP contribution in [0.25, 0.3) is 24.3 Å². The Hall–Kier alpha value is -16.5. The van der Waals surface area contributed by atoms with Gasteiger partial charge >= 0.3 is 11.9 Å². The number of rotatable bonds is 39. The molecule has 1 atom stereocenters. The second kappa shape index (κ2) is 48.6. The van der Waals surface area contributed by atoms with Gasteiger partial charge in [-0.2, -0.15) is 36.8 Å². The van der Waals surface area contributed by atoms with Gasteiger partial charge < -0.3 is 57.5 Å². The van der Waals surface area contributed by atoms with Gasteiger partial charge in [0.15, 0.2) is 0 Å². The molecule has 21 heteroatoms. The summed E-state index contributed by atoms with van der Waals surface area (Å²) in [5, 5.41) is 67.6. The molecule has 144 heavy (non-hydrogen) atoms. The number of nitrogens with zero attached hydrogens (tertiary/aromatic N) is 11. The van der Waals surface area contributed by atoms with Gasteiger partial charge in [0.1, 0.15) is 139 Å². The Bertz CT molecular complexity index is 6660. The van der Waals surface area contributed by atoms with Crippen LogP contribution in [0.5, 0.6) is 46.0 Å². The van der Waals surface area contributed by atoms with E-state index >= 15 is 0 Å². The highest BCUT2D eigenvalue weighted by atomic mass is 16.5. The molecule has 0 bridgehead atoms. The normalized spacial score (nSPS) is 15.4. The number of anilines is 4. The fourth-order valence-electron chi connectivity index (χ4n) is 18.5. The number of nitriles is 7. The van der Waals surface area contributed by atoms with Crippen molar-refractivity contribution in [2.24, 2.45) is 27.6 Å². The summed E-state index contributed by atoms with van der Waals surface area (Å²) in [6.45, 7) is 24.3. The zero-order valence-corrected chi connectivity index (χ0v) is 84.9. The summed E-state index contributed by atoms with van der Waals surface area (Å²) in [6.07, 6.45) is 31.7. The van der Waals surface area contributed by atoms with Crippen LogP contribution in [0.4, 0.5) is 22.7 Å². The van der Waals surface area contributed by atoms with E-state index in [-0.39, 0.29) is 99.1 Å². The predicted octanol–water partition coefficient (Wildman–Crippen LogP) is 26.6. The standard InChI is InChI=1S/C123H125N11O10/c1-85-15-41-110(42-16-85)143-118(135)98-53-86(2)54-117(65-98)144-119(136)99-63-115(141-83-96-59-111(137-49-45-131(11)106-33-25-87(26-34-106)17-21-91-55-95(43-44-124)73-120(3,4)69-91)66-112(60-96)138-50-46-132(12)107-35-27-88(28-36-107)18-22-92-56-100(103(77-125)78-126)74-121(5,6)70-92)68-116(64-99)142-84-97-61-113(139-51-47-133(13)108-37-29-89(30-38-108)19-23-93-57-101(104(79-127)80-128)75-122(7,8)71-93)67-114(62-97)140-52-48-134(14)109-39-31-90(32-40-109)20-24-94-58-102(105(81-129)82-130)76-123(9,10)72-94/h15-42,53-68,95H,43,45-52,69-76,83-84H2,1-14H3/b21-17+,22-18+,23-19+,24-20+. The maximum Gasteiger partial charge on any atom is 0.343 e. The van der Waals surface area contributed by atoms with Crippen molar-refractivity contribution in [1.29, 1.82) is 36.8 Å². The number of aryl methyl sites for hydroxylation is 2. The van der Waals surface area contributed by atoms with Crippen LogP contribution in [-0.2, 0) is 13.2 Å². The minimum atomic E-state index is -0.768. The summed E-state index contributed by atoms with van der Waals surface area (Å²) in [6, 6.07) is 76.0. The Kier molecular flexibility index (Phi) is 35.4. The van der Waals surface area contributed by atoms with E-state index in [9.17, 15) is 46.4 Å². The first-order valence-corrected chi connectivity index (χ1v) is 48.7. The molecule has 4 aliphatic rings. The van der Waals surface area contributed by atoms with Crippen molar-refractivity contribution in [2.75, 3.05) is 100 Å². The van der Waals surface area contributed by atoms with Gasteiger partial charge in [-0.3, -0.25) is 0 Å². The Morgan fingerprint density at radius 1 is 0.326 bits per heavy atom. The number of allylic oxidation sites excluding steroid dienone is 18. The first-order valence-electron chi connectivity index (χ1n) is 48.7. The van der Waals surface area contributed by atoms with Crippen LogP contribution in [0.15, 0.2) is 298 Å². The zero-order chi connectivity index (χ0) is 103. The first-order chi connectivity index (χ1) is 69.0. The molecule has 21 nitrogen and oxygen atoms in total. The van der Waals surface area contributed by atoms with Gasteiger partial charge in [0, 0.05) is 75.6 Å². The predicted molar refractivity (Wildman–Crippen MR) is 570 cm³/mol. The smallest absolute Gasteiger partial charge is 0.343 e. The van der Waals surface area contributed by atoms with E-state index in [2.05, 4.69) is 269 Å². The van der Waals surface area contributed by atoms with E-state index in [1.54, 1.807) is 49.4 Å². The number of benzene rings is 9. The van der Waals surface area contributed by atoms with Crippen molar-refractivity contribution in [3.05, 3.63) is 354 Å². The zero-order valence-electron chi connectivity index (χ0n) is 84.9. The third-order valence-corrected chi connectivity index (χ3v) is 25.7. The number of carbonyl (C=O) groups is 2. The van der Waals surface area contributed by atoms with Crippen molar-refractivity contribution < 1.29 is 47.5 Å². The Morgan fingerprint density at radius 2 is 0.625 bits per heavy atom. The van der Waals surface area contributed by atoms with Gasteiger partial charge in [0.2, 0.25) is 0 Å². The minimum absolute atomic E-state index is 0.0295. The van der Waals surface area contributed by atoms with E-state index in [1.165, 1.54) is 11.6 Å². The molecule has 1 unspecified atom stereocenters. The van der Waals surface area contributed by atoms with E-state index in [4.69, 9.17) is 37.9 Å². The molecule has 0 saturated heterocycles. The number of likely N-dealkylation sites (N-methyl/N-ethyl adjacent to an activating group) is 4. The number of hydrogen-bond acceptors (Lipinski definition) is 21. The monoisotopic (exact) mass is 1920 g/mol. The molecule has 0 amide bonds. The third-order valence-electron chi connectivity index (χ3n) is 25.7. The lowest BCUT2D eigenvalue weighted by Gasteiger charge is -2.33. The summed E-state index contributed by atoms with van der Waals surface area (Å²) in [5.41, 5.74) is 18.1. The number of carbonyl (C=O) groups excluding carboxylic acids is 2. The third kappa shape index (κ3) is 31.0. The second-order valence-electron chi connectivity index (χ2n) is 40.8. The average molecular weight is 1920 g/mol. The van der Waals surface area contributed by atoms with Crippen molar-refractivity contribution in [3.8, 4) is 88.5 Å². The molecule has 13 rings (SSSR count). The van der Waals surface area contributed by atoms with Gasteiger partial charge in [0.05, 0.1) is 43.4 Å². The lowest BCUT2D eigenvalue weighted by molar-refractivity contribution is 0.0714. The number of hydrogen-bond donors (Lipinski definition) is 0. The molecule has 0 aliphatic heterocycles. The molecule has 732 valence electrons. The number of esters is 2. The quantitative estimate of drug-likeness (QED) is 0.0196. The average Bonchev–Trinajstić information content (AvgIpc) is 0.783. The maximum atomic E-state index is 14.9. The summed E-state index contributed by atoms with van der Waals surface area (Å²) in [7, 11) is 8.05. The van der Waals surface area contributed by atoms with Crippen molar-refractivity contribution >= 4 is 59.0 Å². The molecule has 0 fully saturated rings. The first kappa shape index (κ1) is 105. The lowest BCUT2D eigenvalue weighted by atomic mass is 9.72. The molecule has 0 spiro atoms. The number of ether oxygens (including phenoxy) is 8. The summed E-state index contributed by atoms with van der Waals surface area (Å²) in [5.74, 6) is 1.91. The van der Waals surface area contributed by atoms with Crippen LogP contribution >= 0.6 is 0 Å². The van der Waals surface area contributed by atoms with Crippen molar-refractivity contribution in [3.63, 3.8) is 0 Å². The van der Waals surface area contributed by atoms with Crippen molar-refractivity contribution in [2.45, 2.75) is 140 Å². The topological polar surface area (TPSA) is 287 Å². The van der Waals surface area contributed by atoms with Crippen LogP contribution in [0.2, 0.25) is 0 Å². The van der Waals surface area contributed by atoms with Crippen LogP contribution in [-0.4, -0.2) is 92.7 Å². The van der Waals surface area contributed by atoms with Gasteiger partial charge in [-0.15, -0.1) is 0 Å². The fraction of sp³-hybridized carbons (Fsp3) is 0.309. The highest BCUT2D eigenvalue weighted by Crippen LogP contribution is 2.45. The maximum absolute atomic E-state index is 14.9. The van der Waals surface area contributed by atoms with Gasteiger partial charge in [-0.05, 0) is 280 Å². The Balaban J connectivity index is 0.759. The van der Waals surface area contributed by atoms with Gasteiger partial charge in [0.25, 0.3) is 0 Å². The molecule has 0 N–H and O–H groups in total. The SMILES string of the molecule is Cc1ccc(OC(=O)c2cc(C)cc(OC(=O)c3cc(OCc4cc(OCCN(C)c5ccc(/C=C/C6=CC(=C(C#N)C#N)CC(C)(C)C6)cc5)cc(OCCN(C)c5ccc(/C=C/C6=CC(=C(C#N)C#N)CC(C)(C)C6)cc5)c4)cc(OCc4cc(OCCN(C)c5ccc(/C=C/C6=CC(=C(C#N)C#N)CC(C)(C)C6)cc5)cc(OCCN(C)c5ccc(/C=C/C6=CC(CC#N)CC(C)(C)C6)cc5)c4)c3)c2)cc1. The largest absolute Gasteiger partial charge is 0.492 e. The second-order valence-corrected chi connectivity index (χ2v) is 40.8. The molecule has 0 saturated carbocycles. The molecular formula is C123H125N11O10. The van der Waals surface area contributed by atoms with Gasteiger partial charge in [-0.1, -0.05) is 200 Å². The van der Waals surface area contributed by atoms with Crippen LogP contribution in [0.3, 0.4) is 0 Å². The van der Waals surface area contributed by atoms with Gasteiger partial charge in [-0.25, -0.2) is 9.59 Å². The van der Waals surface area contributed by atoms with Crippen molar-refractivity contribution in [1.82, 2.24) is 0 Å². The van der Waals surface area contributed by atoms with E-state index < -0.39 is 11.9 Å². The Morgan fingerprint density at radius 3 is 0.951 bits per heavy atom. The minimum Gasteiger partial charge on any atom is -0.492 e. The lowest BCUT2D eigenvalue weighted by Crippen LogP contribution is -2.24. The summed E-state index contributed by atoms with van der Waals surface area (Å²) >= 11 is 0. The van der Waals surface area contributed by atoms with Crippen LogP contribution in [0, 0.1) is 121 Å². The van der Waals surface area contributed by atoms with E-state index in [0.717, 1.165) is 116 Å². The van der Waals surface area contributed by atoms with Crippen LogP contribution in [0.1, 0.15) is 178 Å². The van der Waals surface area contributed by atoms with E-state index in [0.29, 0.717) is 111 Å². The fourth-order valence-corrected chi connectivity index (χ4v) is 18.5. The van der Waals surface area contributed by atoms with Crippen LogP contribution < -0.4 is 57.5 Å². The molecular weight excluding hydrogens is 1790 g/mol. The highest BCUT2D eigenvalue weighted by Gasteiger charge is 2.32. The molecule has 0 heterocycles. The molecule has 9 aromatic rings. The Labute approximate surface area is 848 Å². The molecule has 0 aromatic heterocycles.